The molecule has 0 radical (unpaired) electrons. The molecule has 1 aromatic carbocycles. The van der Waals surface area contributed by atoms with Crippen LogP contribution in [0.4, 0.5) is 0 Å². The van der Waals surface area contributed by atoms with Gasteiger partial charge in [-0.2, -0.15) is 0 Å². The van der Waals surface area contributed by atoms with Gasteiger partial charge in [-0.25, -0.2) is 18.5 Å². The van der Waals surface area contributed by atoms with Crippen LogP contribution in [0.15, 0.2) is 40.7 Å². The molecule has 0 amide bonds. The Kier molecular flexibility index (Phi) is 5.10. The molecule has 1 aromatic heterocycles. The van der Waals surface area contributed by atoms with E-state index in [1.165, 1.54) is 6.07 Å². The fraction of sp³-hybridized carbons (Fsp3) is 0.357. The van der Waals surface area contributed by atoms with Crippen LogP contribution in [-0.2, 0) is 10.0 Å². The maximum atomic E-state index is 11.4. The normalized spacial score (nSPS) is 14.8. The second kappa shape index (κ2) is 6.65. The van der Waals surface area contributed by atoms with Crippen molar-refractivity contribution in [3.05, 3.63) is 46.4 Å². The van der Waals surface area contributed by atoms with Gasteiger partial charge in [-0.1, -0.05) is 19.1 Å². The summed E-state index contributed by atoms with van der Waals surface area (Å²) in [7, 11) is -3.66. The molecule has 1 heterocycles. The maximum absolute atomic E-state index is 11.4. The van der Waals surface area contributed by atoms with Crippen LogP contribution in [0.25, 0.3) is 0 Å². The van der Waals surface area contributed by atoms with Crippen LogP contribution in [0.2, 0.25) is 0 Å². The summed E-state index contributed by atoms with van der Waals surface area (Å²) >= 11 is 1.64. The van der Waals surface area contributed by atoms with Crippen LogP contribution in [-0.4, -0.2) is 19.9 Å². The van der Waals surface area contributed by atoms with Gasteiger partial charge in [0.2, 0.25) is 10.0 Å². The first-order valence-electron chi connectivity index (χ1n) is 6.63. The van der Waals surface area contributed by atoms with Crippen LogP contribution < -0.4 is 10.5 Å². The number of rotatable bonds is 6. The Bertz CT molecular complexity index is 684. The highest BCUT2D eigenvalue weighted by molar-refractivity contribution is 7.89. The van der Waals surface area contributed by atoms with Gasteiger partial charge < -0.3 is 5.32 Å². The minimum Gasteiger partial charge on any atom is -0.310 e. The number of thiazole rings is 1. The molecule has 2 atom stereocenters. The summed E-state index contributed by atoms with van der Waals surface area (Å²) in [5.74, 6) is 0.314. The van der Waals surface area contributed by atoms with Crippen LogP contribution in [0.3, 0.4) is 0 Å². The number of nitrogens with zero attached hydrogens (tertiary/aromatic N) is 1. The zero-order valence-electron chi connectivity index (χ0n) is 12.0. The van der Waals surface area contributed by atoms with E-state index in [9.17, 15) is 8.42 Å². The molecule has 2 unspecified atom stereocenters. The van der Waals surface area contributed by atoms with E-state index in [0.717, 1.165) is 17.1 Å². The number of benzene rings is 1. The molecule has 0 aliphatic rings. The highest BCUT2D eigenvalue weighted by Gasteiger charge is 2.13. The second-order valence-electron chi connectivity index (χ2n) is 5.02. The smallest absolute Gasteiger partial charge is 0.238 e. The van der Waals surface area contributed by atoms with Crippen LogP contribution in [0.1, 0.15) is 36.4 Å². The van der Waals surface area contributed by atoms with Gasteiger partial charge in [-0.15, -0.1) is 11.3 Å². The van der Waals surface area contributed by atoms with Gasteiger partial charge in [0.25, 0.3) is 0 Å². The Labute approximate surface area is 129 Å². The van der Waals surface area contributed by atoms with E-state index >= 15 is 0 Å². The highest BCUT2D eigenvalue weighted by Crippen LogP contribution is 2.20. The van der Waals surface area contributed by atoms with Crippen molar-refractivity contribution < 1.29 is 8.42 Å². The van der Waals surface area contributed by atoms with E-state index in [-0.39, 0.29) is 10.9 Å². The molecule has 0 bridgehead atoms. The predicted molar refractivity (Wildman–Crippen MR) is 84.8 cm³/mol. The van der Waals surface area contributed by atoms with Gasteiger partial charge in [0.15, 0.2) is 0 Å². The fourth-order valence-corrected chi connectivity index (χ4v) is 3.26. The third kappa shape index (κ3) is 4.34. The molecule has 0 aliphatic heterocycles. The third-order valence-electron chi connectivity index (χ3n) is 3.29. The third-order valence-corrected chi connectivity index (χ3v) is 5.21. The molecule has 2 aromatic rings. The topological polar surface area (TPSA) is 85.1 Å². The Balaban J connectivity index is 2.02. The lowest BCUT2D eigenvalue weighted by atomic mass is 10.1. The van der Waals surface area contributed by atoms with Crippen molar-refractivity contribution >= 4 is 21.4 Å². The first-order valence-corrected chi connectivity index (χ1v) is 9.06. The van der Waals surface area contributed by atoms with Gasteiger partial charge in [0.05, 0.1) is 9.90 Å². The number of aromatic nitrogens is 1. The van der Waals surface area contributed by atoms with Gasteiger partial charge in [0.1, 0.15) is 0 Å². The summed E-state index contributed by atoms with van der Waals surface area (Å²) < 4.78 is 22.8. The summed E-state index contributed by atoms with van der Waals surface area (Å²) in [6.45, 7) is 4.88. The number of nitrogens with two attached hydrogens (primary N) is 1. The molecule has 0 saturated carbocycles. The molecule has 21 heavy (non-hydrogen) atoms. The van der Waals surface area contributed by atoms with Gasteiger partial charge in [-0.3, -0.25) is 0 Å². The lowest BCUT2D eigenvalue weighted by molar-refractivity contribution is 0.535. The molecule has 3 N–H and O–H groups in total. The Morgan fingerprint density at radius 2 is 2.14 bits per heavy atom. The SMILES string of the molecule is CC(CNC(C)c1cccc(S(N)(=O)=O)c1)c1nccs1. The molecule has 0 fully saturated rings. The number of primary sulfonamides is 1. The zero-order chi connectivity index (χ0) is 15.5. The first kappa shape index (κ1) is 16.1. The van der Waals surface area contributed by atoms with Gasteiger partial charge in [0, 0.05) is 30.1 Å². The molecule has 114 valence electrons. The van der Waals surface area contributed by atoms with Gasteiger partial charge >= 0.3 is 0 Å². The van der Waals surface area contributed by atoms with E-state index in [0.29, 0.717) is 5.92 Å². The van der Waals surface area contributed by atoms with Crippen LogP contribution in [0, 0.1) is 0 Å². The second-order valence-corrected chi connectivity index (χ2v) is 7.51. The summed E-state index contributed by atoms with van der Waals surface area (Å²) in [5.41, 5.74) is 0.896. The van der Waals surface area contributed by atoms with Crippen molar-refractivity contribution in [3.8, 4) is 0 Å². The lowest BCUT2D eigenvalue weighted by Crippen LogP contribution is -2.24. The minimum atomic E-state index is -3.66. The maximum Gasteiger partial charge on any atom is 0.238 e. The monoisotopic (exact) mass is 325 g/mol. The molecule has 2 rings (SSSR count). The van der Waals surface area contributed by atoms with Crippen LogP contribution >= 0.6 is 11.3 Å². The highest BCUT2D eigenvalue weighted by atomic mass is 32.2. The molecule has 5 nitrogen and oxygen atoms in total. The van der Waals surface area contributed by atoms with Crippen molar-refractivity contribution in [2.75, 3.05) is 6.54 Å². The number of nitrogens with one attached hydrogen (secondary N) is 1. The van der Waals surface area contributed by atoms with Crippen molar-refractivity contribution in [3.63, 3.8) is 0 Å². The Morgan fingerprint density at radius 1 is 1.38 bits per heavy atom. The Morgan fingerprint density at radius 3 is 2.76 bits per heavy atom. The summed E-state index contributed by atoms with van der Waals surface area (Å²) in [6, 6.07) is 6.75. The van der Waals surface area contributed by atoms with Crippen molar-refractivity contribution in [2.24, 2.45) is 5.14 Å². The van der Waals surface area contributed by atoms with E-state index in [4.69, 9.17) is 5.14 Å². The number of sulfonamides is 1. The van der Waals surface area contributed by atoms with E-state index in [2.05, 4.69) is 17.2 Å². The molecule has 0 aliphatic carbocycles. The molecule has 0 spiro atoms. The molecular formula is C14H19N3O2S2. The minimum absolute atomic E-state index is 0.0362. The quantitative estimate of drug-likeness (QED) is 0.853. The number of hydrogen-bond donors (Lipinski definition) is 2. The van der Waals surface area contributed by atoms with Crippen molar-refractivity contribution in [1.82, 2.24) is 10.3 Å². The lowest BCUT2D eigenvalue weighted by Gasteiger charge is -2.17. The van der Waals surface area contributed by atoms with Gasteiger partial charge in [-0.05, 0) is 24.6 Å². The Hall–Kier alpha value is -1.28. The predicted octanol–water partition coefficient (Wildman–Crippen LogP) is 2.24. The summed E-state index contributed by atoms with van der Waals surface area (Å²) in [6.07, 6.45) is 1.80. The first-order chi connectivity index (χ1) is 9.88. The molecular weight excluding hydrogens is 306 g/mol. The van der Waals surface area contributed by atoms with Crippen molar-refractivity contribution in [2.45, 2.75) is 30.7 Å². The van der Waals surface area contributed by atoms with E-state index in [1.54, 1.807) is 29.7 Å². The van der Waals surface area contributed by atoms with E-state index in [1.807, 2.05) is 18.4 Å². The fourth-order valence-electron chi connectivity index (χ4n) is 2.00. The largest absolute Gasteiger partial charge is 0.310 e. The molecule has 0 saturated heterocycles. The number of hydrogen-bond acceptors (Lipinski definition) is 5. The molecule has 7 heteroatoms. The summed E-state index contributed by atoms with van der Waals surface area (Å²) in [4.78, 5) is 4.44. The van der Waals surface area contributed by atoms with Crippen LogP contribution in [0.5, 0.6) is 0 Å². The average molecular weight is 325 g/mol. The summed E-state index contributed by atoms with van der Waals surface area (Å²) in [5, 5.41) is 11.6. The zero-order valence-corrected chi connectivity index (χ0v) is 13.6. The van der Waals surface area contributed by atoms with E-state index < -0.39 is 10.0 Å². The standard InChI is InChI=1S/C14H19N3O2S2/c1-10(14-16-6-7-20-14)9-17-11(2)12-4-3-5-13(8-12)21(15,18)19/h3-8,10-11,17H,9H2,1-2H3,(H2,15,18,19). The van der Waals surface area contributed by atoms with Crippen molar-refractivity contribution in [1.29, 1.82) is 0 Å². The average Bonchev–Trinajstić information content (AvgIpc) is 2.98.